The van der Waals surface area contributed by atoms with Gasteiger partial charge in [-0.15, -0.1) is 0 Å². The molecule has 5 nitrogen and oxygen atoms in total. The number of fused-ring (bicyclic) bond motifs is 2. The number of carboxylic acid groups (broad SMARTS) is 1. The van der Waals surface area contributed by atoms with Crippen LogP contribution in [0.25, 0.3) is 0 Å². The summed E-state index contributed by atoms with van der Waals surface area (Å²) in [5.74, 6) is -0.423. The van der Waals surface area contributed by atoms with Crippen molar-refractivity contribution in [2.75, 3.05) is 6.61 Å². The molecule has 0 aromatic rings. The van der Waals surface area contributed by atoms with Crippen molar-refractivity contribution in [1.29, 1.82) is 0 Å². The maximum atomic E-state index is 12.4. The Morgan fingerprint density at radius 1 is 1.19 bits per heavy atom. The maximum Gasteiger partial charge on any atom is 0.310 e. The minimum Gasteiger partial charge on any atom is -0.481 e. The highest BCUT2D eigenvalue weighted by molar-refractivity contribution is 5.86. The van der Waals surface area contributed by atoms with Crippen molar-refractivity contribution in [3.05, 3.63) is 0 Å². The number of carboxylic acids is 1. The summed E-state index contributed by atoms with van der Waals surface area (Å²) in [5, 5.41) is 12.5. The van der Waals surface area contributed by atoms with Gasteiger partial charge in [0.25, 0.3) is 0 Å². The number of nitrogens with one attached hydrogen (secondary N) is 1. The molecule has 4 rings (SSSR count). The smallest absolute Gasteiger partial charge is 0.310 e. The molecular weight excluding hydrogens is 270 g/mol. The highest BCUT2D eigenvalue weighted by atomic mass is 16.5. The summed E-state index contributed by atoms with van der Waals surface area (Å²) in [4.78, 5) is 23.7. The molecule has 1 aliphatic heterocycles. The second kappa shape index (κ2) is 4.45. The van der Waals surface area contributed by atoms with Gasteiger partial charge >= 0.3 is 5.97 Å². The van der Waals surface area contributed by atoms with Crippen LogP contribution in [0, 0.1) is 16.7 Å². The van der Waals surface area contributed by atoms with Crippen molar-refractivity contribution in [2.45, 2.75) is 63.5 Å². The van der Waals surface area contributed by atoms with E-state index in [9.17, 15) is 14.7 Å². The van der Waals surface area contributed by atoms with Crippen molar-refractivity contribution in [1.82, 2.24) is 5.32 Å². The summed E-state index contributed by atoms with van der Waals surface area (Å²) in [7, 11) is 0. The molecule has 0 aromatic heterocycles. The first-order chi connectivity index (χ1) is 10.1. The molecule has 3 saturated carbocycles. The van der Waals surface area contributed by atoms with Crippen molar-refractivity contribution >= 4 is 11.9 Å². The Morgan fingerprint density at radius 3 is 2.43 bits per heavy atom. The van der Waals surface area contributed by atoms with E-state index in [0.717, 1.165) is 32.3 Å². The molecule has 0 radical (unpaired) electrons. The fourth-order valence-electron chi connectivity index (χ4n) is 5.06. The minimum absolute atomic E-state index is 0.0706. The van der Waals surface area contributed by atoms with Gasteiger partial charge in [-0.25, -0.2) is 0 Å². The Morgan fingerprint density at radius 2 is 1.90 bits per heavy atom. The van der Waals surface area contributed by atoms with E-state index in [0.29, 0.717) is 24.9 Å². The largest absolute Gasteiger partial charge is 0.481 e. The molecule has 1 amide bonds. The molecule has 0 bridgehead atoms. The first-order valence-corrected chi connectivity index (χ1v) is 8.22. The van der Waals surface area contributed by atoms with Gasteiger partial charge in [-0.2, -0.15) is 0 Å². The molecule has 3 unspecified atom stereocenters. The zero-order valence-corrected chi connectivity index (χ0v) is 12.3. The predicted molar refractivity (Wildman–Crippen MR) is 74.6 cm³/mol. The third kappa shape index (κ3) is 1.73. The quantitative estimate of drug-likeness (QED) is 0.827. The van der Waals surface area contributed by atoms with Gasteiger partial charge in [0.15, 0.2) is 0 Å². The van der Waals surface area contributed by atoms with Crippen LogP contribution in [-0.2, 0) is 14.3 Å². The second-order valence-corrected chi connectivity index (χ2v) is 7.49. The van der Waals surface area contributed by atoms with Crippen LogP contribution in [0.1, 0.15) is 51.4 Å². The van der Waals surface area contributed by atoms with Crippen molar-refractivity contribution < 1.29 is 19.4 Å². The Labute approximate surface area is 124 Å². The fraction of sp³-hybridized carbons (Fsp3) is 0.875. The van der Waals surface area contributed by atoms with Crippen LogP contribution in [0.3, 0.4) is 0 Å². The highest BCUT2D eigenvalue weighted by Crippen LogP contribution is 2.62. The standard InChI is InChI=1S/C16H23NO4/c18-11(9-15(14(19)20)4-1-5-15)17-12-10-3-8-21-13(10)16(12)6-2-7-16/h10,12-13H,1-9H2,(H,17,18)(H,19,20). The van der Waals surface area contributed by atoms with E-state index in [1.165, 1.54) is 6.42 Å². The summed E-state index contributed by atoms with van der Waals surface area (Å²) < 4.78 is 5.85. The van der Waals surface area contributed by atoms with E-state index in [4.69, 9.17) is 4.74 Å². The topological polar surface area (TPSA) is 75.6 Å². The lowest BCUT2D eigenvalue weighted by atomic mass is 9.46. The zero-order chi connectivity index (χ0) is 14.7. The summed E-state index contributed by atoms with van der Waals surface area (Å²) in [5.41, 5.74) is -0.612. The third-order valence-corrected chi connectivity index (χ3v) is 6.62. The third-order valence-electron chi connectivity index (χ3n) is 6.62. The SMILES string of the molecule is O=C(CC1(C(=O)O)CCC1)NC1C2CCOC2C12CCC2. The minimum atomic E-state index is -0.807. The molecule has 4 fully saturated rings. The summed E-state index contributed by atoms with van der Waals surface area (Å²) in [6.07, 6.45) is 7.22. The zero-order valence-electron chi connectivity index (χ0n) is 12.3. The normalized spacial score (nSPS) is 37.8. The second-order valence-electron chi connectivity index (χ2n) is 7.49. The average Bonchev–Trinajstić information content (AvgIpc) is 2.74. The molecule has 3 atom stereocenters. The monoisotopic (exact) mass is 293 g/mol. The fourth-order valence-corrected chi connectivity index (χ4v) is 5.06. The Bertz CT molecular complexity index is 481. The van der Waals surface area contributed by atoms with Gasteiger partial charge in [-0.3, -0.25) is 9.59 Å². The molecule has 1 heterocycles. The number of rotatable bonds is 4. The first kappa shape index (κ1) is 13.6. The number of amides is 1. The van der Waals surface area contributed by atoms with E-state index < -0.39 is 11.4 Å². The lowest BCUT2D eigenvalue weighted by Gasteiger charge is -2.63. The van der Waals surface area contributed by atoms with E-state index in [1.54, 1.807) is 0 Å². The van der Waals surface area contributed by atoms with Gasteiger partial charge in [0.05, 0.1) is 11.5 Å². The highest BCUT2D eigenvalue weighted by Gasteiger charge is 2.67. The Hall–Kier alpha value is -1.10. The molecule has 1 spiro atoms. The number of carbonyl (C=O) groups excluding carboxylic acids is 1. The number of carbonyl (C=O) groups is 2. The van der Waals surface area contributed by atoms with Crippen LogP contribution in [0.15, 0.2) is 0 Å². The average molecular weight is 293 g/mol. The van der Waals surface area contributed by atoms with Gasteiger partial charge in [0.1, 0.15) is 0 Å². The summed E-state index contributed by atoms with van der Waals surface area (Å²) in [6, 6.07) is 0.220. The van der Waals surface area contributed by atoms with E-state index in [-0.39, 0.29) is 23.8 Å². The van der Waals surface area contributed by atoms with E-state index in [2.05, 4.69) is 5.32 Å². The van der Waals surface area contributed by atoms with Crippen LogP contribution in [0.5, 0.6) is 0 Å². The van der Waals surface area contributed by atoms with Crippen LogP contribution in [0.2, 0.25) is 0 Å². The van der Waals surface area contributed by atoms with E-state index >= 15 is 0 Å². The van der Waals surface area contributed by atoms with E-state index in [1.807, 2.05) is 0 Å². The Kier molecular flexibility index (Phi) is 2.87. The molecule has 21 heavy (non-hydrogen) atoms. The van der Waals surface area contributed by atoms with Crippen molar-refractivity contribution in [3.63, 3.8) is 0 Å². The molecule has 3 aliphatic carbocycles. The molecule has 4 aliphatic rings. The molecule has 2 N–H and O–H groups in total. The maximum absolute atomic E-state index is 12.4. The lowest BCUT2D eigenvalue weighted by molar-refractivity contribution is -0.181. The molecule has 5 heteroatoms. The summed E-state index contributed by atoms with van der Waals surface area (Å²) in [6.45, 7) is 0.808. The van der Waals surface area contributed by atoms with Gasteiger partial charge in [0, 0.05) is 30.4 Å². The Balaban J connectivity index is 1.41. The van der Waals surface area contributed by atoms with Gasteiger partial charge in [0.2, 0.25) is 5.91 Å². The van der Waals surface area contributed by atoms with Crippen LogP contribution < -0.4 is 5.32 Å². The molecule has 0 aromatic carbocycles. The van der Waals surface area contributed by atoms with Gasteiger partial charge in [-0.05, 0) is 32.1 Å². The number of hydrogen-bond acceptors (Lipinski definition) is 3. The predicted octanol–water partition coefficient (Wildman–Crippen LogP) is 1.71. The molecule has 116 valence electrons. The number of aliphatic carboxylic acids is 1. The van der Waals surface area contributed by atoms with Crippen molar-refractivity contribution in [3.8, 4) is 0 Å². The molecule has 1 saturated heterocycles. The number of hydrogen-bond donors (Lipinski definition) is 2. The van der Waals surface area contributed by atoms with Crippen molar-refractivity contribution in [2.24, 2.45) is 16.7 Å². The molecular formula is C16H23NO4. The van der Waals surface area contributed by atoms with Gasteiger partial charge < -0.3 is 15.2 Å². The first-order valence-electron chi connectivity index (χ1n) is 8.22. The van der Waals surface area contributed by atoms with Crippen LogP contribution >= 0.6 is 0 Å². The number of ether oxygens (including phenoxy) is 1. The lowest BCUT2D eigenvalue weighted by Crippen LogP contribution is -2.72. The van der Waals surface area contributed by atoms with Crippen LogP contribution in [0.4, 0.5) is 0 Å². The van der Waals surface area contributed by atoms with Crippen LogP contribution in [-0.4, -0.2) is 35.7 Å². The summed E-state index contributed by atoms with van der Waals surface area (Å²) >= 11 is 0. The van der Waals surface area contributed by atoms with Gasteiger partial charge in [-0.1, -0.05) is 12.8 Å².